The van der Waals surface area contributed by atoms with Crippen LogP contribution in [0.25, 0.3) is 0 Å². The molecule has 2 rings (SSSR count). The van der Waals surface area contributed by atoms with Gasteiger partial charge in [-0.3, -0.25) is 4.79 Å². The molecule has 1 aliphatic rings. The normalized spacial score (nSPS) is 21.1. The van der Waals surface area contributed by atoms with Crippen molar-refractivity contribution in [3.63, 3.8) is 0 Å². The van der Waals surface area contributed by atoms with E-state index in [4.69, 9.17) is 10.00 Å². The van der Waals surface area contributed by atoms with Gasteiger partial charge < -0.3 is 4.74 Å². The average molecular weight is 341 g/mol. The average Bonchev–Trinajstić information content (AvgIpc) is 2.64. The Morgan fingerprint density at radius 3 is 2.56 bits per heavy atom. The zero-order valence-corrected chi connectivity index (χ0v) is 14.6. The number of hydrogen-bond acceptors (Lipinski definition) is 3. The van der Waals surface area contributed by atoms with Crippen LogP contribution in [0.4, 0.5) is 4.39 Å². The van der Waals surface area contributed by atoms with E-state index in [1.54, 1.807) is 6.08 Å². The third kappa shape index (κ3) is 6.19. The molecular formula is C21H24FNO2. The van der Waals surface area contributed by atoms with Gasteiger partial charge in [-0.05, 0) is 61.8 Å². The lowest BCUT2D eigenvalue weighted by Crippen LogP contribution is -2.25. The molecule has 1 aliphatic carbocycles. The number of rotatable bonds is 6. The number of allylic oxidation sites excluding steroid dienone is 4. The molecule has 1 fully saturated rings. The predicted molar refractivity (Wildman–Crippen MR) is 95.5 cm³/mol. The molecule has 0 atom stereocenters. The first-order valence-electron chi connectivity index (χ1n) is 8.87. The molecule has 4 heteroatoms. The lowest BCUT2D eigenvalue weighted by Gasteiger charge is -2.25. The van der Waals surface area contributed by atoms with Crippen molar-refractivity contribution in [2.24, 2.45) is 11.8 Å². The van der Waals surface area contributed by atoms with Crippen molar-refractivity contribution in [3.8, 4) is 11.8 Å². The van der Waals surface area contributed by atoms with Crippen molar-refractivity contribution in [2.45, 2.75) is 45.4 Å². The molecule has 0 amide bonds. The second-order valence-electron chi connectivity index (χ2n) is 6.44. The summed E-state index contributed by atoms with van der Waals surface area (Å²) in [4.78, 5) is 12.3. The number of benzene rings is 1. The van der Waals surface area contributed by atoms with Crippen molar-refractivity contribution in [1.29, 1.82) is 5.26 Å². The van der Waals surface area contributed by atoms with Gasteiger partial charge in [-0.15, -0.1) is 0 Å². The Labute approximate surface area is 148 Å². The van der Waals surface area contributed by atoms with Gasteiger partial charge in [-0.2, -0.15) is 9.65 Å². The van der Waals surface area contributed by atoms with Crippen LogP contribution in [0.1, 0.15) is 44.6 Å². The summed E-state index contributed by atoms with van der Waals surface area (Å²) in [5, 5.41) is 8.35. The fourth-order valence-corrected chi connectivity index (χ4v) is 3.09. The molecule has 1 aromatic rings. The zero-order chi connectivity index (χ0) is 18.1. The minimum absolute atomic E-state index is 0.0774. The Hall–Kier alpha value is -2.41. The Kier molecular flexibility index (Phi) is 7.40. The van der Waals surface area contributed by atoms with Crippen molar-refractivity contribution >= 4 is 5.97 Å². The third-order valence-corrected chi connectivity index (χ3v) is 4.52. The summed E-state index contributed by atoms with van der Waals surface area (Å²) in [6, 6.07) is 9.15. The maximum absolute atomic E-state index is 12.7. The van der Waals surface area contributed by atoms with E-state index in [0.717, 1.165) is 38.5 Å². The summed E-state index contributed by atoms with van der Waals surface area (Å²) in [6.07, 6.45) is 10.1. The van der Waals surface area contributed by atoms with Gasteiger partial charge in [0.05, 0.1) is 5.92 Å². The lowest BCUT2D eigenvalue weighted by molar-refractivity contribution is -0.140. The summed E-state index contributed by atoms with van der Waals surface area (Å²) in [7, 11) is 0. The summed E-state index contributed by atoms with van der Waals surface area (Å²) in [5.41, 5.74) is 1.25. The van der Waals surface area contributed by atoms with Crippen LogP contribution in [0.2, 0.25) is 0 Å². The van der Waals surface area contributed by atoms with Crippen LogP contribution in [0, 0.1) is 23.2 Å². The number of halogens is 1. The molecule has 1 saturated carbocycles. The van der Waals surface area contributed by atoms with Crippen LogP contribution in [0.15, 0.2) is 48.3 Å². The highest BCUT2D eigenvalue weighted by molar-refractivity contribution is 5.75. The first-order valence-corrected chi connectivity index (χ1v) is 8.87. The van der Waals surface area contributed by atoms with Crippen LogP contribution in [-0.4, -0.2) is 5.97 Å². The van der Waals surface area contributed by atoms with E-state index in [1.165, 1.54) is 17.7 Å². The maximum atomic E-state index is 12.7. The highest BCUT2D eigenvalue weighted by atomic mass is 19.1. The Bertz CT molecular complexity index is 662. The molecule has 0 aliphatic heterocycles. The number of esters is 1. The van der Waals surface area contributed by atoms with Crippen LogP contribution in [-0.2, 0) is 11.2 Å². The van der Waals surface area contributed by atoms with Gasteiger partial charge in [0.25, 0.3) is 0 Å². The van der Waals surface area contributed by atoms with Gasteiger partial charge in [0, 0.05) is 0 Å². The van der Waals surface area contributed by atoms with E-state index >= 15 is 0 Å². The predicted octanol–water partition coefficient (Wildman–Crippen LogP) is 5.28. The molecule has 132 valence electrons. The van der Waals surface area contributed by atoms with Gasteiger partial charge in [0.15, 0.2) is 5.83 Å². The number of nitrogens with zero attached hydrogens (tertiary/aromatic N) is 1. The Morgan fingerprint density at radius 1 is 1.28 bits per heavy atom. The summed E-state index contributed by atoms with van der Waals surface area (Å²) in [6.45, 7) is 2.13. The largest absolute Gasteiger partial charge is 0.426 e. The summed E-state index contributed by atoms with van der Waals surface area (Å²) < 4.78 is 18.2. The van der Waals surface area contributed by atoms with E-state index < -0.39 is 5.83 Å². The number of carbonyl (C=O) groups excluding carboxylic acids is 1. The van der Waals surface area contributed by atoms with Crippen LogP contribution >= 0.6 is 0 Å². The molecule has 0 N–H and O–H groups in total. The zero-order valence-electron chi connectivity index (χ0n) is 14.6. The molecular weight excluding hydrogens is 317 g/mol. The first-order chi connectivity index (χ1) is 12.1. The molecule has 0 heterocycles. The lowest BCUT2D eigenvalue weighted by atomic mass is 9.82. The minimum Gasteiger partial charge on any atom is -0.426 e. The fourth-order valence-electron chi connectivity index (χ4n) is 3.09. The first kappa shape index (κ1) is 18.9. The fraction of sp³-hybridized carbons (Fsp3) is 0.429. The topological polar surface area (TPSA) is 50.1 Å². The van der Waals surface area contributed by atoms with E-state index in [-0.39, 0.29) is 11.9 Å². The Morgan fingerprint density at radius 2 is 1.96 bits per heavy atom. The summed E-state index contributed by atoms with van der Waals surface area (Å²) >= 11 is 0. The summed E-state index contributed by atoms with van der Waals surface area (Å²) in [5.74, 6) is -0.116. The molecule has 0 bridgehead atoms. The number of hydrogen-bond donors (Lipinski definition) is 0. The third-order valence-electron chi connectivity index (χ3n) is 4.52. The van der Waals surface area contributed by atoms with Gasteiger partial charge >= 0.3 is 5.97 Å². The van der Waals surface area contributed by atoms with Crippen molar-refractivity contribution in [2.75, 3.05) is 0 Å². The van der Waals surface area contributed by atoms with Gasteiger partial charge in [-0.1, -0.05) is 37.6 Å². The van der Waals surface area contributed by atoms with E-state index in [2.05, 4.69) is 6.92 Å². The van der Waals surface area contributed by atoms with E-state index in [9.17, 15) is 9.18 Å². The molecule has 0 aromatic heterocycles. The highest BCUT2D eigenvalue weighted by Gasteiger charge is 2.26. The minimum atomic E-state index is -0.793. The highest BCUT2D eigenvalue weighted by Crippen LogP contribution is 2.31. The Balaban J connectivity index is 1.80. The van der Waals surface area contributed by atoms with Crippen molar-refractivity contribution < 1.29 is 13.9 Å². The second-order valence-corrected chi connectivity index (χ2v) is 6.44. The number of nitriles is 1. The molecule has 1 aromatic carbocycles. The molecule has 25 heavy (non-hydrogen) atoms. The standard InChI is InChI=1S/C21H24FNO2/c1-2-4-16-9-13-20(14-10-16)25-21(24)18-11-7-17(8-12-18)5-3-6-19(22)15-23/h3,5-6,9-10,13-14,17-18H,2,4,7-8,11-12H2,1H3. The van der Waals surface area contributed by atoms with E-state index in [0.29, 0.717) is 11.7 Å². The smallest absolute Gasteiger partial charge is 0.314 e. The second kappa shape index (κ2) is 9.78. The molecule has 0 spiro atoms. The van der Waals surface area contributed by atoms with Crippen LogP contribution in [0.3, 0.4) is 0 Å². The van der Waals surface area contributed by atoms with Crippen LogP contribution in [0.5, 0.6) is 5.75 Å². The number of aryl methyl sites for hydroxylation is 1. The van der Waals surface area contributed by atoms with Crippen LogP contribution < -0.4 is 4.74 Å². The van der Waals surface area contributed by atoms with E-state index in [1.807, 2.05) is 30.3 Å². The molecule has 0 saturated heterocycles. The van der Waals surface area contributed by atoms with Gasteiger partial charge in [0.1, 0.15) is 11.8 Å². The van der Waals surface area contributed by atoms with Gasteiger partial charge in [-0.25, -0.2) is 0 Å². The molecule has 3 nitrogen and oxygen atoms in total. The number of ether oxygens (including phenoxy) is 1. The number of carbonyl (C=O) groups is 1. The quantitative estimate of drug-likeness (QED) is 0.306. The SMILES string of the molecule is CCCc1ccc(OC(=O)C2CCC(C=CC=C(F)C#N)CC2)cc1. The van der Waals surface area contributed by atoms with Crippen molar-refractivity contribution in [3.05, 3.63) is 53.9 Å². The van der Waals surface area contributed by atoms with Gasteiger partial charge in [0.2, 0.25) is 0 Å². The molecule has 0 unspecified atom stereocenters. The molecule has 0 radical (unpaired) electrons. The van der Waals surface area contributed by atoms with Crippen molar-refractivity contribution in [1.82, 2.24) is 0 Å². The maximum Gasteiger partial charge on any atom is 0.314 e. The monoisotopic (exact) mass is 341 g/mol.